The first kappa shape index (κ1) is 19.3. The molecular formula is C19H20Cl2N2O2. The van der Waals surface area contributed by atoms with Crippen molar-refractivity contribution in [2.24, 2.45) is 5.10 Å². The Morgan fingerprint density at radius 1 is 1.16 bits per heavy atom. The average molecular weight is 379 g/mol. The van der Waals surface area contributed by atoms with E-state index in [-0.39, 0.29) is 17.9 Å². The summed E-state index contributed by atoms with van der Waals surface area (Å²) >= 11 is 11.9. The molecule has 0 radical (unpaired) electrons. The number of carbonyl (C=O) groups excluding carboxylic acids is 1. The van der Waals surface area contributed by atoms with Gasteiger partial charge in [-0.15, -0.1) is 0 Å². The number of amides is 1. The lowest BCUT2D eigenvalue weighted by molar-refractivity contribution is -0.123. The first-order valence-electron chi connectivity index (χ1n) is 7.76. The first-order valence-corrected chi connectivity index (χ1v) is 8.52. The van der Waals surface area contributed by atoms with Crippen LogP contribution >= 0.6 is 23.2 Å². The predicted molar refractivity (Wildman–Crippen MR) is 103 cm³/mol. The zero-order valence-electron chi connectivity index (χ0n) is 14.3. The first-order chi connectivity index (χ1) is 11.8. The van der Waals surface area contributed by atoms with E-state index >= 15 is 0 Å². The summed E-state index contributed by atoms with van der Waals surface area (Å²) in [6.45, 7) is 6.29. The molecule has 0 fully saturated rings. The van der Waals surface area contributed by atoms with Crippen LogP contribution in [0.3, 0.4) is 0 Å². The third kappa shape index (κ3) is 5.76. The maximum absolute atomic E-state index is 11.8. The number of carbonyl (C=O) groups is 1. The fourth-order valence-electron chi connectivity index (χ4n) is 2.03. The molecule has 132 valence electrons. The molecule has 0 saturated carbocycles. The molecule has 0 aliphatic carbocycles. The Morgan fingerprint density at radius 2 is 1.84 bits per heavy atom. The maximum atomic E-state index is 11.8. The summed E-state index contributed by atoms with van der Waals surface area (Å²) in [6.07, 6.45) is 1.43. The molecule has 0 aromatic heterocycles. The molecule has 1 N–H and O–H groups in total. The Kier molecular flexibility index (Phi) is 6.45. The van der Waals surface area contributed by atoms with E-state index in [1.54, 1.807) is 18.2 Å². The summed E-state index contributed by atoms with van der Waals surface area (Å²) in [4.78, 5) is 11.8. The number of nitrogens with one attached hydrogen (secondary N) is 1. The van der Waals surface area contributed by atoms with Crippen molar-refractivity contribution >= 4 is 35.3 Å². The summed E-state index contributed by atoms with van der Waals surface area (Å²) in [5.41, 5.74) is 4.28. The van der Waals surface area contributed by atoms with Gasteiger partial charge in [0.05, 0.1) is 16.3 Å². The molecule has 0 atom stereocenters. The van der Waals surface area contributed by atoms with Gasteiger partial charge >= 0.3 is 0 Å². The molecule has 0 saturated heterocycles. The lowest BCUT2D eigenvalue weighted by Gasteiger charge is -2.19. The Labute approximate surface area is 157 Å². The van der Waals surface area contributed by atoms with Gasteiger partial charge in [0.15, 0.2) is 6.61 Å². The summed E-state index contributed by atoms with van der Waals surface area (Å²) in [7, 11) is 0. The summed E-state index contributed by atoms with van der Waals surface area (Å²) in [5.74, 6) is 0.263. The van der Waals surface area contributed by atoms with Crippen LogP contribution in [0.4, 0.5) is 0 Å². The van der Waals surface area contributed by atoms with E-state index in [1.165, 1.54) is 11.8 Å². The number of benzene rings is 2. The molecule has 0 aliphatic heterocycles. The standard InChI is InChI=1S/C19H20Cl2N2O2/c1-19(2,3)14-7-9-15(10-8-14)25-12-17(24)23-22-11-13-5-4-6-16(20)18(13)21/h4-11H,12H2,1-3H3,(H,23,24)/b22-11+. The van der Waals surface area contributed by atoms with E-state index < -0.39 is 0 Å². The summed E-state index contributed by atoms with van der Waals surface area (Å²) in [5, 5.41) is 4.67. The Hall–Kier alpha value is -2.04. The number of rotatable bonds is 5. The molecule has 0 aliphatic rings. The van der Waals surface area contributed by atoms with Gasteiger partial charge in [-0.1, -0.05) is 68.2 Å². The van der Waals surface area contributed by atoms with Gasteiger partial charge in [0.2, 0.25) is 0 Å². The summed E-state index contributed by atoms with van der Waals surface area (Å²) in [6, 6.07) is 12.9. The van der Waals surface area contributed by atoms with Gasteiger partial charge in [-0.05, 0) is 29.2 Å². The van der Waals surface area contributed by atoms with E-state index in [2.05, 4.69) is 31.3 Å². The lowest BCUT2D eigenvalue weighted by atomic mass is 9.87. The van der Waals surface area contributed by atoms with Crippen molar-refractivity contribution in [2.75, 3.05) is 6.61 Å². The highest BCUT2D eigenvalue weighted by molar-refractivity contribution is 6.43. The molecule has 2 aromatic rings. The van der Waals surface area contributed by atoms with Crippen LogP contribution in [0.2, 0.25) is 10.0 Å². The van der Waals surface area contributed by atoms with Crippen molar-refractivity contribution < 1.29 is 9.53 Å². The lowest BCUT2D eigenvalue weighted by Crippen LogP contribution is -2.24. The van der Waals surface area contributed by atoms with Crippen LogP contribution in [-0.4, -0.2) is 18.7 Å². The van der Waals surface area contributed by atoms with E-state index in [0.29, 0.717) is 21.4 Å². The van der Waals surface area contributed by atoms with Crippen LogP contribution in [-0.2, 0) is 10.2 Å². The molecule has 6 heteroatoms. The normalized spacial score (nSPS) is 11.6. The van der Waals surface area contributed by atoms with Crippen LogP contribution < -0.4 is 10.2 Å². The highest BCUT2D eigenvalue weighted by Gasteiger charge is 2.13. The topological polar surface area (TPSA) is 50.7 Å². The second-order valence-electron chi connectivity index (χ2n) is 6.50. The fraction of sp³-hybridized carbons (Fsp3) is 0.263. The number of nitrogens with zero attached hydrogens (tertiary/aromatic N) is 1. The Bertz CT molecular complexity index is 766. The molecule has 4 nitrogen and oxygen atoms in total. The van der Waals surface area contributed by atoms with Crippen molar-refractivity contribution in [1.29, 1.82) is 0 Å². The highest BCUT2D eigenvalue weighted by atomic mass is 35.5. The largest absolute Gasteiger partial charge is 0.484 e. The van der Waals surface area contributed by atoms with Crippen LogP contribution in [0.15, 0.2) is 47.6 Å². The van der Waals surface area contributed by atoms with Crippen molar-refractivity contribution in [3.05, 3.63) is 63.6 Å². The molecule has 2 rings (SSSR count). The second-order valence-corrected chi connectivity index (χ2v) is 7.28. The fourth-order valence-corrected chi connectivity index (χ4v) is 2.38. The average Bonchev–Trinajstić information content (AvgIpc) is 2.56. The second kappa shape index (κ2) is 8.37. The van der Waals surface area contributed by atoms with E-state index in [4.69, 9.17) is 27.9 Å². The zero-order valence-corrected chi connectivity index (χ0v) is 15.9. The minimum atomic E-state index is -0.366. The van der Waals surface area contributed by atoms with Gasteiger partial charge in [-0.25, -0.2) is 5.43 Å². The molecule has 0 heterocycles. The predicted octanol–water partition coefficient (Wildman–Crippen LogP) is 4.82. The Morgan fingerprint density at radius 3 is 2.48 bits per heavy atom. The quantitative estimate of drug-likeness (QED) is 0.598. The third-order valence-electron chi connectivity index (χ3n) is 3.46. The Balaban J connectivity index is 1.84. The molecule has 0 bridgehead atoms. The van der Waals surface area contributed by atoms with Crippen molar-refractivity contribution in [1.82, 2.24) is 5.43 Å². The molecule has 0 spiro atoms. The van der Waals surface area contributed by atoms with Gasteiger partial charge in [-0.3, -0.25) is 4.79 Å². The monoisotopic (exact) mass is 378 g/mol. The van der Waals surface area contributed by atoms with Crippen molar-refractivity contribution in [3.8, 4) is 5.75 Å². The van der Waals surface area contributed by atoms with E-state index in [9.17, 15) is 4.79 Å². The molecular weight excluding hydrogens is 359 g/mol. The maximum Gasteiger partial charge on any atom is 0.277 e. The SMILES string of the molecule is CC(C)(C)c1ccc(OCC(=O)N/N=C/c2cccc(Cl)c2Cl)cc1. The van der Waals surface area contributed by atoms with Gasteiger partial charge in [0.25, 0.3) is 5.91 Å². The number of hydrogen-bond acceptors (Lipinski definition) is 3. The molecule has 2 aromatic carbocycles. The zero-order chi connectivity index (χ0) is 18.4. The van der Waals surface area contributed by atoms with E-state index in [0.717, 1.165) is 0 Å². The van der Waals surface area contributed by atoms with Crippen LogP contribution in [0.1, 0.15) is 31.9 Å². The summed E-state index contributed by atoms with van der Waals surface area (Å²) < 4.78 is 5.45. The van der Waals surface area contributed by atoms with Crippen LogP contribution in [0.5, 0.6) is 5.75 Å². The molecule has 1 amide bonds. The van der Waals surface area contributed by atoms with Crippen molar-refractivity contribution in [2.45, 2.75) is 26.2 Å². The molecule has 0 unspecified atom stereocenters. The smallest absolute Gasteiger partial charge is 0.277 e. The van der Waals surface area contributed by atoms with Crippen LogP contribution in [0, 0.1) is 0 Å². The minimum absolute atomic E-state index is 0.0756. The number of hydrogen-bond donors (Lipinski definition) is 1. The van der Waals surface area contributed by atoms with Gasteiger partial charge in [0, 0.05) is 5.56 Å². The number of ether oxygens (including phenoxy) is 1. The third-order valence-corrected chi connectivity index (χ3v) is 4.30. The van der Waals surface area contributed by atoms with Gasteiger partial charge in [0.1, 0.15) is 5.75 Å². The minimum Gasteiger partial charge on any atom is -0.484 e. The van der Waals surface area contributed by atoms with Crippen LogP contribution in [0.25, 0.3) is 0 Å². The number of halogens is 2. The molecule has 25 heavy (non-hydrogen) atoms. The number of hydrazone groups is 1. The van der Waals surface area contributed by atoms with Gasteiger partial charge < -0.3 is 4.74 Å². The van der Waals surface area contributed by atoms with E-state index in [1.807, 2.05) is 24.3 Å². The van der Waals surface area contributed by atoms with Crippen molar-refractivity contribution in [3.63, 3.8) is 0 Å². The highest BCUT2D eigenvalue weighted by Crippen LogP contribution is 2.25. The van der Waals surface area contributed by atoms with Gasteiger partial charge in [-0.2, -0.15) is 5.10 Å².